The molecule has 0 bridgehead atoms. The summed E-state index contributed by atoms with van der Waals surface area (Å²) in [5.74, 6) is 0.500. The molecule has 0 radical (unpaired) electrons. The third-order valence-corrected chi connectivity index (χ3v) is 3.02. The maximum absolute atomic E-state index is 9.14. The standard InChI is InChI=1S/C11H17N5O2/c1-7(3-8(5-17)18-2)9-4-13-11-10(12)14-6-15-16(9)11/h4,6-8,17H,3,5H2,1-2H3,(H2,12,14,15). The first-order valence-corrected chi connectivity index (χ1v) is 5.75. The van der Waals surface area contributed by atoms with Crippen molar-refractivity contribution in [3.8, 4) is 0 Å². The Labute approximate surface area is 105 Å². The van der Waals surface area contributed by atoms with Gasteiger partial charge in [-0.1, -0.05) is 6.92 Å². The third kappa shape index (κ3) is 2.27. The molecule has 7 nitrogen and oxygen atoms in total. The lowest BCUT2D eigenvalue weighted by molar-refractivity contribution is 0.0390. The second-order valence-electron chi connectivity index (χ2n) is 4.24. The number of nitrogen functional groups attached to an aromatic ring is 1. The molecule has 2 unspecified atom stereocenters. The number of rotatable bonds is 5. The van der Waals surface area contributed by atoms with Crippen LogP contribution in [0, 0.1) is 0 Å². The van der Waals surface area contributed by atoms with Crippen molar-refractivity contribution in [2.24, 2.45) is 0 Å². The monoisotopic (exact) mass is 251 g/mol. The van der Waals surface area contributed by atoms with Gasteiger partial charge in [-0.25, -0.2) is 14.5 Å². The second kappa shape index (κ2) is 5.28. The van der Waals surface area contributed by atoms with Crippen LogP contribution in [0.5, 0.6) is 0 Å². The van der Waals surface area contributed by atoms with Crippen LogP contribution >= 0.6 is 0 Å². The number of hydrogen-bond acceptors (Lipinski definition) is 6. The summed E-state index contributed by atoms with van der Waals surface area (Å²) in [6.45, 7) is 2.03. The normalized spacial score (nSPS) is 14.8. The zero-order valence-corrected chi connectivity index (χ0v) is 10.4. The number of anilines is 1. The zero-order chi connectivity index (χ0) is 13.1. The summed E-state index contributed by atoms with van der Waals surface area (Å²) in [4.78, 5) is 8.10. The fourth-order valence-electron chi connectivity index (χ4n) is 1.95. The van der Waals surface area contributed by atoms with E-state index in [4.69, 9.17) is 15.6 Å². The van der Waals surface area contributed by atoms with Crippen molar-refractivity contribution in [1.29, 1.82) is 0 Å². The quantitative estimate of drug-likeness (QED) is 0.788. The fourth-order valence-corrected chi connectivity index (χ4v) is 1.95. The van der Waals surface area contributed by atoms with Crippen LogP contribution in [0.4, 0.5) is 5.82 Å². The molecule has 0 aromatic carbocycles. The number of fused-ring (bicyclic) bond motifs is 1. The Kier molecular flexibility index (Phi) is 3.73. The van der Waals surface area contributed by atoms with Gasteiger partial charge in [0, 0.05) is 13.0 Å². The largest absolute Gasteiger partial charge is 0.394 e. The van der Waals surface area contributed by atoms with Crippen LogP contribution in [0.1, 0.15) is 25.0 Å². The number of nitrogens with two attached hydrogens (primary N) is 1. The van der Waals surface area contributed by atoms with Crippen molar-refractivity contribution in [2.75, 3.05) is 19.5 Å². The lowest BCUT2D eigenvalue weighted by Crippen LogP contribution is -2.19. The van der Waals surface area contributed by atoms with Gasteiger partial charge in [0.2, 0.25) is 0 Å². The molecule has 3 N–H and O–H groups in total. The SMILES string of the molecule is COC(CO)CC(C)c1cnc2c(N)ncnn12. The van der Waals surface area contributed by atoms with Crippen LogP contribution < -0.4 is 5.73 Å². The summed E-state index contributed by atoms with van der Waals surface area (Å²) in [7, 11) is 1.59. The van der Waals surface area contributed by atoms with Crippen molar-refractivity contribution in [2.45, 2.75) is 25.4 Å². The second-order valence-corrected chi connectivity index (χ2v) is 4.24. The van der Waals surface area contributed by atoms with Crippen LogP contribution in [0.3, 0.4) is 0 Å². The van der Waals surface area contributed by atoms with E-state index in [1.807, 2.05) is 6.92 Å². The van der Waals surface area contributed by atoms with Crippen molar-refractivity contribution in [3.05, 3.63) is 18.2 Å². The summed E-state index contributed by atoms with van der Waals surface area (Å²) in [5, 5.41) is 13.3. The van der Waals surface area contributed by atoms with Crippen LogP contribution in [-0.4, -0.2) is 44.5 Å². The summed E-state index contributed by atoms with van der Waals surface area (Å²) >= 11 is 0. The molecule has 98 valence electrons. The van der Waals surface area contributed by atoms with Crippen LogP contribution in [-0.2, 0) is 4.74 Å². The highest BCUT2D eigenvalue weighted by Gasteiger charge is 2.18. The fraction of sp³-hybridized carbons (Fsp3) is 0.545. The molecule has 0 fully saturated rings. The Balaban J connectivity index is 2.28. The Bertz CT molecular complexity index is 523. The van der Waals surface area contributed by atoms with Gasteiger partial charge in [-0.05, 0) is 6.42 Å². The molecular weight excluding hydrogens is 234 g/mol. The number of aliphatic hydroxyl groups excluding tert-OH is 1. The van der Waals surface area contributed by atoms with E-state index in [0.29, 0.717) is 17.9 Å². The van der Waals surface area contributed by atoms with E-state index in [1.54, 1.807) is 17.8 Å². The number of ether oxygens (including phenoxy) is 1. The predicted octanol–water partition coefficient (Wildman–Crippen LogP) is 0.207. The van der Waals surface area contributed by atoms with Crippen LogP contribution in [0.15, 0.2) is 12.5 Å². The van der Waals surface area contributed by atoms with Gasteiger partial charge in [-0.15, -0.1) is 0 Å². The molecule has 0 aliphatic carbocycles. The Morgan fingerprint density at radius 1 is 1.50 bits per heavy atom. The van der Waals surface area contributed by atoms with Gasteiger partial charge in [0.15, 0.2) is 11.5 Å². The van der Waals surface area contributed by atoms with Gasteiger partial charge >= 0.3 is 0 Å². The van der Waals surface area contributed by atoms with E-state index in [2.05, 4.69) is 15.1 Å². The van der Waals surface area contributed by atoms with Gasteiger partial charge < -0.3 is 15.6 Å². The Morgan fingerprint density at radius 3 is 2.94 bits per heavy atom. The number of nitrogens with zero attached hydrogens (tertiary/aromatic N) is 4. The minimum Gasteiger partial charge on any atom is -0.394 e. The van der Waals surface area contributed by atoms with Gasteiger partial charge in [-0.3, -0.25) is 0 Å². The van der Waals surface area contributed by atoms with Crippen molar-refractivity contribution in [3.63, 3.8) is 0 Å². The maximum atomic E-state index is 9.14. The predicted molar refractivity (Wildman–Crippen MR) is 66.1 cm³/mol. The number of aromatic nitrogens is 4. The molecule has 2 heterocycles. The molecule has 2 atom stereocenters. The molecule has 0 aliphatic heterocycles. The van der Waals surface area contributed by atoms with Crippen molar-refractivity contribution in [1.82, 2.24) is 19.6 Å². The minimum atomic E-state index is -0.190. The topological polar surface area (TPSA) is 98.6 Å². The van der Waals surface area contributed by atoms with Gasteiger partial charge in [0.05, 0.1) is 24.6 Å². The molecule has 0 saturated carbocycles. The number of aliphatic hydroxyl groups is 1. The van der Waals surface area contributed by atoms with Gasteiger partial charge in [0.1, 0.15) is 6.33 Å². The molecule has 0 spiro atoms. The van der Waals surface area contributed by atoms with Gasteiger partial charge in [0.25, 0.3) is 0 Å². The van der Waals surface area contributed by atoms with E-state index < -0.39 is 0 Å². The average Bonchev–Trinajstić information content (AvgIpc) is 2.81. The number of methoxy groups -OCH3 is 1. The molecule has 7 heteroatoms. The van der Waals surface area contributed by atoms with E-state index >= 15 is 0 Å². The Morgan fingerprint density at radius 2 is 2.28 bits per heavy atom. The first-order valence-electron chi connectivity index (χ1n) is 5.75. The molecule has 2 aromatic rings. The van der Waals surface area contributed by atoms with Crippen LogP contribution in [0.2, 0.25) is 0 Å². The van der Waals surface area contributed by atoms with Crippen LogP contribution in [0.25, 0.3) is 5.65 Å². The highest BCUT2D eigenvalue weighted by atomic mass is 16.5. The minimum absolute atomic E-state index is 0.00526. The molecular formula is C11H17N5O2. The summed E-state index contributed by atoms with van der Waals surface area (Å²) in [6, 6.07) is 0. The third-order valence-electron chi connectivity index (χ3n) is 3.02. The molecule has 2 rings (SSSR count). The first-order chi connectivity index (χ1) is 8.67. The maximum Gasteiger partial charge on any atom is 0.196 e. The summed E-state index contributed by atoms with van der Waals surface area (Å²) in [6.07, 6.45) is 3.63. The molecule has 0 saturated heterocycles. The summed E-state index contributed by atoms with van der Waals surface area (Å²) < 4.78 is 6.84. The smallest absolute Gasteiger partial charge is 0.196 e. The van der Waals surface area contributed by atoms with E-state index in [9.17, 15) is 0 Å². The molecule has 0 aliphatic rings. The number of imidazole rings is 1. The average molecular weight is 251 g/mol. The Hall–Kier alpha value is -1.73. The zero-order valence-electron chi connectivity index (χ0n) is 10.4. The molecule has 18 heavy (non-hydrogen) atoms. The molecule has 0 amide bonds. The lowest BCUT2D eigenvalue weighted by atomic mass is 10.0. The number of hydrogen-bond donors (Lipinski definition) is 2. The van der Waals surface area contributed by atoms with E-state index in [0.717, 1.165) is 5.69 Å². The van der Waals surface area contributed by atoms with Gasteiger partial charge in [-0.2, -0.15) is 5.10 Å². The highest BCUT2D eigenvalue weighted by molar-refractivity contribution is 5.58. The van der Waals surface area contributed by atoms with Crippen molar-refractivity contribution >= 4 is 11.5 Å². The molecule has 2 aromatic heterocycles. The van der Waals surface area contributed by atoms with E-state index in [-0.39, 0.29) is 18.6 Å². The van der Waals surface area contributed by atoms with Crippen molar-refractivity contribution < 1.29 is 9.84 Å². The highest BCUT2D eigenvalue weighted by Crippen LogP contribution is 2.22. The summed E-state index contributed by atoms with van der Waals surface area (Å²) in [5.41, 5.74) is 7.20. The lowest BCUT2D eigenvalue weighted by Gasteiger charge is -2.17. The van der Waals surface area contributed by atoms with E-state index in [1.165, 1.54) is 6.33 Å². The first kappa shape index (κ1) is 12.7.